The van der Waals surface area contributed by atoms with Crippen molar-refractivity contribution in [2.45, 2.75) is 6.17 Å². The highest BCUT2D eigenvalue weighted by atomic mass is 15.2. The summed E-state index contributed by atoms with van der Waals surface area (Å²) in [6.07, 6.45) is -0.344. The van der Waals surface area contributed by atoms with Crippen LogP contribution in [0.4, 0.5) is 0 Å². The van der Waals surface area contributed by atoms with Crippen LogP contribution in [-0.2, 0) is 0 Å². The summed E-state index contributed by atoms with van der Waals surface area (Å²) in [7, 11) is 0. The van der Waals surface area contributed by atoms with Gasteiger partial charge < -0.3 is 9.88 Å². The molecule has 9 aromatic rings. The number of rotatable bonds is 5. The first-order chi connectivity index (χ1) is 25.2. The second kappa shape index (κ2) is 12.0. The van der Waals surface area contributed by atoms with E-state index < -0.39 is 0 Å². The predicted molar refractivity (Wildman–Crippen MR) is 213 cm³/mol. The van der Waals surface area contributed by atoms with E-state index in [1.54, 1.807) is 0 Å². The number of hydrogen-bond donors (Lipinski definition) is 1. The molecule has 0 amide bonds. The topological polar surface area (TPSA) is 41.7 Å². The van der Waals surface area contributed by atoms with E-state index in [0.29, 0.717) is 5.84 Å². The van der Waals surface area contributed by atoms with Crippen LogP contribution in [0.25, 0.3) is 60.2 Å². The number of benzene rings is 8. The summed E-state index contributed by atoms with van der Waals surface area (Å²) in [5, 5.41) is 10.9. The zero-order valence-corrected chi connectivity index (χ0v) is 27.7. The number of hydrogen-bond acceptors (Lipinski definition) is 3. The molecule has 1 aromatic heterocycles. The standard InChI is InChI=1S/C47H32N4/c1-2-11-31(12-3-1)34-22-23-36-29-39(26-24-35(36)27-34)47-49-45(48-46(50-47)38-25-21-32-13-4-5-14-33(32)28-38)37-15-10-16-40(30-37)51-43-19-8-6-17-41(43)42-18-7-9-20-44(42)51/h1-30,45H,(H,48,49,50). The van der Waals surface area contributed by atoms with Crippen molar-refractivity contribution in [3.8, 4) is 16.8 Å². The number of aromatic nitrogens is 1. The molecule has 4 nitrogen and oxygen atoms in total. The van der Waals surface area contributed by atoms with Gasteiger partial charge in [0.15, 0.2) is 5.84 Å². The molecule has 0 fully saturated rings. The second-order valence-corrected chi connectivity index (χ2v) is 13.1. The Hall–Kier alpha value is -6.78. The number of nitrogens with zero attached hydrogens (tertiary/aromatic N) is 3. The molecule has 0 saturated carbocycles. The van der Waals surface area contributed by atoms with Gasteiger partial charge in [-0.3, -0.25) is 0 Å². The lowest BCUT2D eigenvalue weighted by Gasteiger charge is -2.24. The van der Waals surface area contributed by atoms with Gasteiger partial charge in [0.05, 0.1) is 11.0 Å². The molecule has 1 aliphatic rings. The molecule has 0 bridgehead atoms. The van der Waals surface area contributed by atoms with E-state index >= 15 is 0 Å². The third-order valence-corrected chi connectivity index (χ3v) is 10.00. The lowest BCUT2D eigenvalue weighted by Crippen LogP contribution is -2.33. The number of para-hydroxylation sites is 2. The van der Waals surface area contributed by atoms with E-state index in [4.69, 9.17) is 9.98 Å². The third kappa shape index (κ3) is 5.17. The number of amidine groups is 2. The Labute approximate surface area is 295 Å². The minimum Gasteiger partial charge on any atom is -0.344 e. The van der Waals surface area contributed by atoms with Crippen molar-refractivity contribution in [3.63, 3.8) is 0 Å². The minimum atomic E-state index is -0.344. The maximum Gasteiger partial charge on any atom is 0.159 e. The van der Waals surface area contributed by atoms with Crippen LogP contribution in [-0.4, -0.2) is 16.2 Å². The van der Waals surface area contributed by atoms with Crippen LogP contribution in [0.1, 0.15) is 22.9 Å². The number of aliphatic imine (C=N–C) groups is 2. The Balaban J connectivity index is 1.09. The van der Waals surface area contributed by atoms with Crippen molar-refractivity contribution in [3.05, 3.63) is 199 Å². The second-order valence-electron chi connectivity index (χ2n) is 13.1. The summed E-state index contributed by atoms with van der Waals surface area (Å²) >= 11 is 0. The first-order valence-electron chi connectivity index (χ1n) is 17.4. The molecule has 4 heteroatoms. The molecule has 2 heterocycles. The fourth-order valence-corrected chi connectivity index (χ4v) is 7.46. The molecule has 1 unspecified atom stereocenters. The lowest BCUT2D eigenvalue weighted by atomic mass is 9.99. The zero-order chi connectivity index (χ0) is 33.7. The van der Waals surface area contributed by atoms with Gasteiger partial charge in [0.25, 0.3) is 0 Å². The smallest absolute Gasteiger partial charge is 0.159 e. The summed E-state index contributed by atoms with van der Waals surface area (Å²) < 4.78 is 2.35. The highest BCUT2D eigenvalue weighted by Crippen LogP contribution is 2.33. The number of fused-ring (bicyclic) bond motifs is 5. The van der Waals surface area contributed by atoms with E-state index in [1.807, 2.05) is 0 Å². The maximum atomic E-state index is 5.27. The van der Waals surface area contributed by atoms with E-state index in [1.165, 1.54) is 43.7 Å². The van der Waals surface area contributed by atoms with Crippen molar-refractivity contribution in [2.75, 3.05) is 0 Å². The SMILES string of the molecule is c1ccc(-c2ccc3cc(C4=NC(c5ccc6ccccc6c5)=NC(c5cccc(-n6c7ccccc7c7ccccc76)c5)N4)ccc3c2)cc1. The molecule has 1 N–H and O–H groups in total. The molecule has 240 valence electrons. The fraction of sp³-hybridized carbons (Fsp3) is 0.0213. The Morgan fingerprint density at radius 2 is 1.02 bits per heavy atom. The predicted octanol–water partition coefficient (Wildman–Crippen LogP) is 11.3. The van der Waals surface area contributed by atoms with Gasteiger partial charge >= 0.3 is 0 Å². The molecule has 51 heavy (non-hydrogen) atoms. The van der Waals surface area contributed by atoms with E-state index in [0.717, 1.165) is 39.0 Å². The van der Waals surface area contributed by atoms with Gasteiger partial charge in [-0.05, 0) is 80.7 Å². The molecule has 0 aliphatic carbocycles. The molecular weight excluding hydrogens is 621 g/mol. The van der Waals surface area contributed by atoms with E-state index in [2.05, 4.69) is 192 Å². The minimum absolute atomic E-state index is 0.344. The molecular formula is C47H32N4. The Bertz CT molecular complexity index is 2790. The van der Waals surface area contributed by atoms with Gasteiger partial charge in [-0.1, -0.05) is 140 Å². The van der Waals surface area contributed by atoms with E-state index in [9.17, 15) is 0 Å². The molecule has 1 aliphatic heterocycles. The van der Waals surface area contributed by atoms with Crippen molar-refractivity contribution in [1.29, 1.82) is 0 Å². The summed E-state index contributed by atoms with van der Waals surface area (Å²) in [4.78, 5) is 10.4. The largest absolute Gasteiger partial charge is 0.344 e. The average Bonchev–Trinajstić information content (AvgIpc) is 3.55. The first kappa shape index (κ1) is 29.2. The fourth-order valence-electron chi connectivity index (χ4n) is 7.46. The summed E-state index contributed by atoms with van der Waals surface area (Å²) in [6.45, 7) is 0. The van der Waals surface area contributed by atoms with Crippen LogP contribution in [0.2, 0.25) is 0 Å². The van der Waals surface area contributed by atoms with Crippen molar-refractivity contribution in [2.24, 2.45) is 9.98 Å². The van der Waals surface area contributed by atoms with E-state index in [-0.39, 0.29) is 6.17 Å². The van der Waals surface area contributed by atoms with Crippen LogP contribution in [0, 0.1) is 0 Å². The normalized spacial score (nSPS) is 14.5. The Morgan fingerprint density at radius 3 is 1.80 bits per heavy atom. The van der Waals surface area contributed by atoms with Gasteiger partial charge in [-0.2, -0.15) is 0 Å². The van der Waals surface area contributed by atoms with Gasteiger partial charge in [-0.25, -0.2) is 9.98 Å². The molecule has 1 atom stereocenters. The average molecular weight is 653 g/mol. The van der Waals surface area contributed by atoms with Crippen LogP contribution in [0.5, 0.6) is 0 Å². The van der Waals surface area contributed by atoms with Crippen LogP contribution >= 0.6 is 0 Å². The highest BCUT2D eigenvalue weighted by Gasteiger charge is 2.22. The number of nitrogens with one attached hydrogen (secondary N) is 1. The van der Waals surface area contributed by atoms with Crippen LogP contribution < -0.4 is 5.32 Å². The highest BCUT2D eigenvalue weighted by molar-refractivity contribution is 6.15. The van der Waals surface area contributed by atoms with Gasteiger partial charge in [0.2, 0.25) is 0 Å². The third-order valence-electron chi connectivity index (χ3n) is 10.00. The van der Waals surface area contributed by atoms with Gasteiger partial charge in [0.1, 0.15) is 12.0 Å². The molecule has 10 rings (SSSR count). The Kier molecular flexibility index (Phi) is 6.85. The Morgan fingerprint density at radius 1 is 0.431 bits per heavy atom. The maximum absolute atomic E-state index is 5.27. The van der Waals surface area contributed by atoms with Crippen LogP contribution in [0.3, 0.4) is 0 Å². The summed E-state index contributed by atoms with van der Waals surface area (Å²) in [5.74, 6) is 1.51. The molecule has 0 spiro atoms. The van der Waals surface area contributed by atoms with Crippen molar-refractivity contribution in [1.82, 2.24) is 9.88 Å². The van der Waals surface area contributed by atoms with Gasteiger partial charge in [0, 0.05) is 27.6 Å². The molecule has 0 saturated heterocycles. The first-order valence-corrected chi connectivity index (χ1v) is 17.4. The quantitative estimate of drug-likeness (QED) is 0.197. The van der Waals surface area contributed by atoms with Crippen molar-refractivity contribution < 1.29 is 0 Å². The zero-order valence-electron chi connectivity index (χ0n) is 27.7. The van der Waals surface area contributed by atoms with Crippen molar-refractivity contribution >= 4 is 55.0 Å². The summed E-state index contributed by atoms with van der Waals surface area (Å²) in [5.41, 5.74) is 8.95. The summed E-state index contributed by atoms with van der Waals surface area (Å²) in [6, 6.07) is 64.7. The lowest BCUT2D eigenvalue weighted by molar-refractivity contribution is 0.674. The van der Waals surface area contributed by atoms with Crippen LogP contribution in [0.15, 0.2) is 192 Å². The molecule has 0 radical (unpaired) electrons. The molecule has 8 aromatic carbocycles. The monoisotopic (exact) mass is 652 g/mol. The van der Waals surface area contributed by atoms with Gasteiger partial charge in [-0.15, -0.1) is 0 Å².